The molecular formula is C15H24O4. The van der Waals surface area contributed by atoms with E-state index < -0.39 is 6.10 Å². The van der Waals surface area contributed by atoms with Gasteiger partial charge in [0.25, 0.3) is 0 Å². The van der Waals surface area contributed by atoms with E-state index in [-0.39, 0.29) is 6.61 Å². The van der Waals surface area contributed by atoms with E-state index in [2.05, 4.69) is 0 Å². The minimum absolute atomic E-state index is 0.251. The van der Waals surface area contributed by atoms with Gasteiger partial charge < -0.3 is 19.3 Å². The highest BCUT2D eigenvalue weighted by atomic mass is 16.5. The molecule has 4 heteroatoms. The van der Waals surface area contributed by atoms with E-state index in [1.807, 2.05) is 31.2 Å². The van der Waals surface area contributed by atoms with Gasteiger partial charge in [-0.25, -0.2) is 0 Å². The average Bonchev–Trinajstić information content (AvgIpc) is 2.44. The fraction of sp³-hybridized carbons (Fsp3) is 0.600. The molecule has 1 unspecified atom stereocenters. The van der Waals surface area contributed by atoms with E-state index in [0.717, 1.165) is 18.6 Å². The molecular weight excluding hydrogens is 244 g/mol. The predicted octanol–water partition coefficient (Wildman–Crippen LogP) is 2.04. The standard InChI is InChI=1S/C15H24O4/c1-3-9-18-11-14(16)12-19-15-6-4-13(5-7-15)8-10-17-2/h4-7,14,16H,3,8-12H2,1-2H3. The van der Waals surface area contributed by atoms with E-state index in [4.69, 9.17) is 14.2 Å². The minimum Gasteiger partial charge on any atom is -0.491 e. The van der Waals surface area contributed by atoms with Gasteiger partial charge in [-0.2, -0.15) is 0 Å². The summed E-state index contributed by atoms with van der Waals surface area (Å²) in [5.41, 5.74) is 1.21. The first-order chi connectivity index (χ1) is 9.26. The van der Waals surface area contributed by atoms with Crippen molar-refractivity contribution < 1.29 is 19.3 Å². The van der Waals surface area contributed by atoms with E-state index in [0.29, 0.717) is 19.8 Å². The monoisotopic (exact) mass is 268 g/mol. The molecule has 1 N–H and O–H groups in total. The summed E-state index contributed by atoms with van der Waals surface area (Å²) in [6.07, 6.45) is 1.26. The van der Waals surface area contributed by atoms with Crippen molar-refractivity contribution in [3.05, 3.63) is 29.8 Å². The Morgan fingerprint density at radius 1 is 1.11 bits per heavy atom. The zero-order valence-corrected chi connectivity index (χ0v) is 11.8. The molecule has 0 fully saturated rings. The molecule has 0 bridgehead atoms. The molecule has 0 aromatic heterocycles. The van der Waals surface area contributed by atoms with Crippen LogP contribution in [-0.4, -0.2) is 44.7 Å². The summed E-state index contributed by atoms with van der Waals surface area (Å²) in [6.45, 7) is 3.99. The zero-order chi connectivity index (χ0) is 13.9. The Balaban J connectivity index is 2.25. The van der Waals surface area contributed by atoms with Crippen LogP contribution in [0.5, 0.6) is 5.75 Å². The number of rotatable bonds is 10. The lowest BCUT2D eigenvalue weighted by molar-refractivity contribution is 0.0123. The molecule has 0 saturated carbocycles. The van der Waals surface area contributed by atoms with Crippen molar-refractivity contribution in [1.29, 1.82) is 0 Å². The Morgan fingerprint density at radius 3 is 2.47 bits per heavy atom. The lowest BCUT2D eigenvalue weighted by Crippen LogP contribution is -2.23. The smallest absolute Gasteiger partial charge is 0.119 e. The fourth-order valence-electron chi connectivity index (χ4n) is 1.58. The molecule has 0 heterocycles. The van der Waals surface area contributed by atoms with Crippen LogP contribution in [0.1, 0.15) is 18.9 Å². The van der Waals surface area contributed by atoms with Gasteiger partial charge in [0.2, 0.25) is 0 Å². The number of hydrogen-bond acceptors (Lipinski definition) is 4. The van der Waals surface area contributed by atoms with E-state index in [9.17, 15) is 5.11 Å². The molecule has 0 aliphatic heterocycles. The van der Waals surface area contributed by atoms with E-state index >= 15 is 0 Å². The van der Waals surface area contributed by atoms with Crippen LogP contribution >= 0.6 is 0 Å². The molecule has 0 spiro atoms. The van der Waals surface area contributed by atoms with Gasteiger partial charge >= 0.3 is 0 Å². The summed E-state index contributed by atoms with van der Waals surface area (Å²) in [5, 5.41) is 9.64. The molecule has 4 nitrogen and oxygen atoms in total. The number of aliphatic hydroxyl groups excluding tert-OH is 1. The second-order valence-electron chi connectivity index (χ2n) is 4.43. The SMILES string of the molecule is CCCOCC(O)COc1ccc(CCOC)cc1. The van der Waals surface area contributed by atoms with Crippen molar-refractivity contribution in [3.8, 4) is 5.75 Å². The van der Waals surface area contributed by atoms with Gasteiger partial charge in [-0.3, -0.25) is 0 Å². The zero-order valence-electron chi connectivity index (χ0n) is 11.8. The summed E-state index contributed by atoms with van der Waals surface area (Å²) in [7, 11) is 1.69. The summed E-state index contributed by atoms with van der Waals surface area (Å²) in [5.74, 6) is 0.760. The molecule has 1 atom stereocenters. The molecule has 19 heavy (non-hydrogen) atoms. The second kappa shape index (κ2) is 9.78. The second-order valence-corrected chi connectivity index (χ2v) is 4.43. The molecule has 0 aliphatic rings. The lowest BCUT2D eigenvalue weighted by Gasteiger charge is -2.12. The third-order valence-corrected chi connectivity index (χ3v) is 2.62. The van der Waals surface area contributed by atoms with Crippen LogP contribution in [0.2, 0.25) is 0 Å². The van der Waals surface area contributed by atoms with Gasteiger partial charge in [0.1, 0.15) is 18.5 Å². The van der Waals surface area contributed by atoms with Gasteiger partial charge in [-0.15, -0.1) is 0 Å². The molecule has 1 rings (SSSR count). The first-order valence-corrected chi connectivity index (χ1v) is 6.72. The maximum atomic E-state index is 9.64. The molecule has 0 saturated heterocycles. The summed E-state index contributed by atoms with van der Waals surface area (Å²) in [4.78, 5) is 0. The molecule has 1 aromatic rings. The van der Waals surface area contributed by atoms with Crippen molar-refractivity contribution in [2.45, 2.75) is 25.9 Å². The fourth-order valence-corrected chi connectivity index (χ4v) is 1.58. The summed E-state index contributed by atoms with van der Waals surface area (Å²) < 4.78 is 15.8. The summed E-state index contributed by atoms with van der Waals surface area (Å²) in [6, 6.07) is 7.83. The first-order valence-electron chi connectivity index (χ1n) is 6.72. The average molecular weight is 268 g/mol. The van der Waals surface area contributed by atoms with Crippen molar-refractivity contribution in [3.63, 3.8) is 0 Å². The highest BCUT2D eigenvalue weighted by Crippen LogP contribution is 2.13. The third kappa shape index (κ3) is 7.15. The van der Waals surface area contributed by atoms with Crippen molar-refractivity contribution in [1.82, 2.24) is 0 Å². The van der Waals surface area contributed by atoms with Crippen LogP contribution in [0.25, 0.3) is 0 Å². The van der Waals surface area contributed by atoms with Crippen LogP contribution in [-0.2, 0) is 15.9 Å². The Bertz CT molecular complexity index is 323. The number of aliphatic hydroxyl groups is 1. The van der Waals surface area contributed by atoms with Crippen LogP contribution in [0, 0.1) is 0 Å². The highest BCUT2D eigenvalue weighted by molar-refractivity contribution is 5.27. The number of ether oxygens (including phenoxy) is 3. The number of benzene rings is 1. The van der Waals surface area contributed by atoms with E-state index in [1.165, 1.54) is 5.56 Å². The molecule has 0 amide bonds. The van der Waals surface area contributed by atoms with Crippen LogP contribution < -0.4 is 4.74 Å². The minimum atomic E-state index is -0.584. The van der Waals surface area contributed by atoms with E-state index in [1.54, 1.807) is 7.11 Å². The van der Waals surface area contributed by atoms with Gasteiger partial charge in [-0.1, -0.05) is 19.1 Å². The maximum absolute atomic E-state index is 9.64. The Labute approximate surface area is 115 Å². The van der Waals surface area contributed by atoms with Gasteiger partial charge in [0.05, 0.1) is 13.2 Å². The molecule has 0 radical (unpaired) electrons. The predicted molar refractivity (Wildman–Crippen MR) is 74.6 cm³/mol. The van der Waals surface area contributed by atoms with Crippen molar-refractivity contribution in [2.75, 3.05) is 33.5 Å². The summed E-state index contributed by atoms with van der Waals surface area (Å²) >= 11 is 0. The Hall–Kier alpha value is -1.10. The van der Waals surface area contributed by atoms with Gasteiger partial charge in [-0.05, 0) is 30.5 Å². The van der Waals surface area contributed by atoms with Crippen LogP contribution in [0.4, 0.5) is 0 Å². The molecule has 1 aromatic carbocycles. The quantitative estimate of drug-likeness (QED) is 0.660. The van der Waals surface area contributed by atoms with Crippen molar-refractivity contribution in [2.24, 2.45) is 0 Å². The normalized spacial score (nSPS) is 12.4. The lowest BCUT2D eigenvalue weighted by atomic mass is 10.1. The van der Waals surface area contributed by atoms with Crippen molar-refractivity contribution >= 4 is 0 Å². The maximum Gasteiger partial charge on any atom is 0.119 e. The first kappa shape index (κ1) is 16.0. The molecule has 108 valence electrons. The Morgan fingerprint density at radius 2 is 1.84 bits per heavy atom. The number of hydrogen-bond donors (Lipinski definition) is 1. The highest BCUT2D eigenvalue weighted by Gasteiger charge is 2.05. The van der Waals surface area contributed by atoms with Gasteiger partial charge in [0.15, 0.2) is 0 Å². The molecule has 0 aliphatic carbocycles. The topological polar surface area (TPSA) is 47.9 Å². The largest absolute Gasteiger partial charge is 0.491 e. The van der Waals surface area contributed by atoms with Gasteiger partial charge in [0, 0.05) is 13.7 Å². The van der Waals surface area contributed by atoms with Crippen LogP contribution in [0.3, 0.4) is 0 Å². The third-order valence-electron chi connectivity index (χ3n) is 2.62. The Kier molecular flexibility index (Phi) is 8.21. The number of methoxy groups -OCH3 is 1. The van der Waals surface area contributed by atoms with Crippen LogP contribution in [0.15, 0.2) is 24.3 Å².